The topological polar surface area (TPSA) is 98.5 Å². The van der Waals surface area contributed by atoms with E-state index in [9.17, 15) is 19.7 Å². The van der Waals surface area contributed by atoms with Gasteiger partial charge in [-0.15, -0.1) is 0 Å². The van der Waals surface area contributed by atoms with Crippen LogP contribution in [-0.2, 0) is 9.53 Å². The average Bonchev–Trinajstić information content (AvgIpc) is 2.37. The number of non-ortho nitro benzene ring substituents is 1. The van der Waals surface area contributed by atoms with Gasteiger partial charge in [0.05, 0.1) is 11.5 Å². The molecule has 1 aromatic rings. The molecule has 0 aliphatic carbocycles. The molecular weight excluding hydrogens is 264 g/mol. The highest BCUT2D eigenvalue weighted by Gasteiger charge is 2.19. The molecule has 7 heteroatoms. The molecule has 0 radical (unpaired) electrons. The maximum Gasteiger partial charge on any atom is 0.328 e. The van der Waals surface area contributed by atoms with Gasteiger partial charge in [-0.25, -0.2) is 4.79 Å². The maximum atomic E-state index is 11.9. The lowest BCUT2D eigenvalue weighted by atomic mass is 10.1. The summed E-state index contributed by atoms with van der Waals surface area (Å²) < 4.78 is 4.76. The van der Waals surface area contributed by atoms with E-state index in [4.69, 9.17) is 4.74 Å². The Bertz CT molecular complexity index is 542. The first kappa shape index (κ1) is 15.6. The largest absolute Gasteiger partial charge is 0.464 e. The van der Waals surface area contributed by atoms with E-state index in [1.165, 1.54) is 25.1 Å². The monoisotopic (exact) mass is 280 g/mol. The molecule has 0 saturated heterocycles. The summed E-state index contributed by atoms with van der Waals surface area (Å²) >= 11 is 0. The van der Waals surface area contributed by atoms with Crippen LogP contribution < -0.4 is 5.32 Å². The lowest BCUT2D eigenvalue weighted by Crippen LogP contribution is -2.39. The molecule has 1 aromatic carbocycles. The number of ether oxygens (including phenoxy) is 1. The lowest BCUT2D eigenvalue weighted by molar-refractivity contribution is -0.384. The van der Waals surface area contributed by atoms with Crippen molar-refractivity contribution in [3.8, 4) is 0 Å². The second kappa shape index (κ2) is 6.65. The third-order valence-corrected chi connectivity index (χ3v) is 2.52. The van der Waals surface area contributed by atoms with Gasteiger partial charge in [-0.05, 0) is 32.4 Å². The van der Waals surface area contributed by atoms with Gasteiger partial charge < -0.3 is 10.1 Å². The Labute approximate surface area is 116 Å². The predicted octanol–water partition coefficient (Wildman–Crippen LogP) is 1.58. The van der Waals surface area contributed by atoms with Crippen molar-refractivity contribution in [2.24, 2.45) is 0 Å². The fourth-order valence-corrected chi connectivity index (χ4v) is 1.61. The van der Waals surface area contributed by atoms with Crippen LogP contribution in [0.2, 0.25) is 0 Å². The normalized spacial score (nSPS) is 11.6. The Kier molecular flexibility index (Phi) is 5.19. The smallest absolute Gasteiger partial charge is 0.328 e. The van der Waals surface area contributed by atoms with E-state index < -0.39 is 22.8 Å². The van der Waals surface area contributed by atoms with E-state index in [1.807, 2.05) is 0 Å². The van der Waals surface area contributed by atoms with Crippen LogP contribution in [0.25, 0.3) is 0 Å². The Morgan fingerprint density at radius 2 is 2.05 bits per heavy atom. The van der Waals surface area contributed by atoms with Gasteiger partial charge in [0.1, 0.15) is 6.04 Å². The standard InChI is InChI=1S/C13H16N2O5/c1-4-20-13(17)9(3)14-12(16)10-5-8(2)6-11(7-10)15(18)19/h5-7,9H,4H2,1-3H3,(H,14,16). The summed E-state index contributed by atoms with van der Waals surface area (Å²) in [5, 5.41) is 13.2. The van der Waals surface area contributed by atoms with Crippen molar-refractivity contribution in [1.82, 2.24) is 5.32 Å². The second-order valence-corrected chi connectivity index (χ2v) is 4.26. The number of carbonyl (C=O) groups is 2. The van der Waals surface area contributed by atoms with Crippen LogP contribution in [0.4, 0.5) is 5.69 Å². The zero-order valence-corrected chi connectivity index (χ0v) is 11.5. The van der Waals surface area contributed by atoms with Crippen LogP contribution in [0.5, 0.6) is 0 Å². The summed E-state index contributed by atoms with van der Waals surface area (Å²) in [5.74, 6) is -1.11. The summed E-state index contributed by atoms with van der Waals surface area (Å²) in [6, 6.07) is 3.23. The number of nitrogens with one attached hydrogen (secondary N) is 1. The first-order valence-electron chi connectivity index (χ1n) is 6.08. The molecule has 1 amide bonds. The molecule has 108 valence electrons. The molecule has 0 saturated carbocycles. The van der Waals surface area contributed by atoms with Gasteiger partial charge >= 0.3 is 5.97 Å². The second-order valence-electron chi connectivity index (χ2n) is 4.26. The van der Waals surface area contributed by atoms with Crippen LogP contribution in [0, 0.1) is 17.0 Å². The van der Waals surface area contributed by atoms with Crippen molar-refractivity contribution in [3.63, 3.8) is 0 Å². The minimum atomic E-state index is -0.818. The first-order valence-corrected chi connectivity index (χ1v) is 6.08. The van der Waals surface area contributed by atoms with E-state index in [1.54, 1.807) is 13.8 Å². The highest BCUT2D eigenvalue weighted by Crippen LogP contribution is 2.16. The number of hydrogen-bond acceptors (Lipinski definition) is 5. The molecule has 0 spiro atoms. The fraction of sp³-hybridized carbons (Fsp3) is 0.385. The molecule has 1 rings (SSSR count). The molecule has 1 N–H and O–H groups in total. The van der Waals surface area contributed by atoms with E-state index in [0.29, 0.717) is 5.56 Å². The Balaban J connectivity index is 2.87. The van der Waals surface area contributed by atoms with Crippen LogP contribution in [-0.4, -0.2) is 29.4 Å². The summed E-state index contributed by atoms with van der Waals surface area (Å²) in [6.07, 6.45) is 0. The van der Waals surface area contributed by atoms with E-state index in [2.05, 4.69) is 5.32 Å². The summed E-state index contributed by atoms with van der Waals surface area (Å²) in [5.41, 5.74) is 0.555. The van der Waals surface area contributed by atoms with Crippen molar-refractivity contribution in [2.75, 3.05) is 6.61 Å². The Morgan fingerprint density at radius 3 is 2.60 bits per heavy atom. The molecule has 0 aliphatic rings. The van der Waals surface area contributed by atoms with Gasteiger partial charge in [0.2, 0.25) is 0 Å². The van der Waals surface area contributed by atoms with Crippen molar-refractivity contribution in [1.29, 1.82) is 0 Å². The van der Waals surface area contributed by atoms with Crippen molar-refractivity contribution in [2.45, 2.75) is 26.8 Å². The number of nitrogens with zero attached hydrogens (tertiary/aromatic N) is 1. The van der Waals surface area contributed by atoms with E-state index in [-0.39, 0.29) is 17.9 Å². The first-order chi connectivity index (χ1) is 9.35. The quantitative estimate of drug-likeness (QED) is 0.501. The SMILES string of the molecule is CCOC(=O)C(C)NC(=O)c1cc(C)cc([N+](=O)[O-])c1. The number of amides is 1. The minimum absolute atomic E-state index is 0.132. The average molecular weight is 280 g/mol. The predicted molar refractivity (Wildman–Crippen MR) is 71.4 cm³/mol. The Morgan fingerprint density at radius 1 is 1.40 bits per heavy atom. The summed E-state index contributed by atoms with van der Waals surface area (Å²) in [7, 11) is 0. The van der Waals surface area contributed by atoms with Gasteiger partial charge in [-0.2, -0.15) is 0 Å². The molecule has 1 atom stereocenters. The van der Waals surface area contributed by atoms with E-state index in [0.717, 1.165) is 0 Å². The number of rotatable bonds is 5. The number of nitro groups is 1. The van der Waals surface area contributed by atoms with Crippen molar-refractivity contribution >= 4 is 17.6 Å². The summed E-state index contributed by atoms with van der Waals surface area (Å²) in [6.45, 7) is 5.02. The van der Waals surface area contributed by atoms with Gasteiger partial charge in [-0.1, -0.05) is 0 Å². The van der Waals surface area contributed by atoms with E-state index >= 15 is 0 Å². The fourth-order valence-electron chi connectivity index (χ4n) is 1.61. The molecule has 7 nitrogen and oxygen atoms in total. The molecule has 0 aliphatic heterocycles. The number of nitro benzene ring substituents is 1. The minimum Gasteiger partial charge on any atom is -0.464 e. The van der Waals surface area contributed by atoms with Gasteiger partial charge in [0, 0.05) is 17.7 Å². The molecule has 0 aromatic heterocycles. The zero-order valence-electron chi connectivity index (χ0n) is 11.5. The summed E-state index contributed by atoms with van der Waals surface area (Å²) in [4.78, 5) is 33.5. The molecule has 0 heterocycles. The van der Waals surface area contributed by atoms with Gasteiger partial charge in [0.25, 0.3) is 11.6 Å². The molecule has 1 unspecified atom stereocenters. The maximum absolute atomic E-state index is 11.9. The highest BCUT2D eigenvalue weighted by molar-refractivity contribution is 5.97. The van der Waals surface area contributed by atoms with Gasteiger partial charge in [0.15, 0.2) is 0 Å². The highest BCUT2D eigenvalue weighted by atomic mass is 16.6. The number of hydrogen-bond donors (Lipinski definition) is 1. The number of esters is 1. The van der Waals surface area contributed by atoms with Crippen molar-refractivity contribution < 1.29 is 19.2 Å². The van der Waals surface area contributed by atoms with Crippen LogP contribution in [0.1, 0.15) is 29.8 Å². The molecular formula is C13H16N2O5. The lowest BCUT2D eigenvalue weighted by Gasteiger charge is -2.12. The molecule has 0 fully saturated rings. The third-order valence-electron chi connectivity index (χ3n) is 2.52. The number of aryl methyl sites for hydroxylation is 1. The number of benzene rings is 1. The van der Waals surface area contributed by atoms with Crippen LogP contribution in [0.3, 0.4) is 0 Å². The van der Waals surface area contributed by atoms with Crippen LogP contribution >= 0.6 is 0 Å². The van der Waals surface area contributed by atoms with Gasteiger partial charge in [-0.3, -0.25) is 14.9 Å². The van der Waals surface area contributed by atoms with Crippen LogP contribution in [0.15, 0.2) is 18.2 Å². The van der Waals surface area contributed by atoms with Crippen molar-refractivity contribution in [3.05, 3.63) is 39.4 Å². The number of carbonyl (C=O) groups excluding carboxylic acids is 2. The third kappa shape index (κ3) is 4.04. The molecule has 20 heavy (non-hydrogen) atoms. The molecule has 0 bridgehead atoms. The zero-order chi connectivity index (χ0) is 15.3. The Hall–Kier alpha value is -2.44.